The zero-order valence-corrected chi connectivity index (χ0v) is 26.0. The average molecular weight is 600 g/mol. The van der Waals surface area contributed by atoms with Crippen molar-refractivity contribution in [2.24, 2.45) is 0 Å². The average Bonchev–Trinajstić information content (AvgIpc) is 3.16. The van der Waals surface area contributed by atoms with E-state index in [0.29, 0.717) is 0 Å². The van der Waals surface area contributed by atoms with E-state index in [4.69, 9.17) is 0 Å². The Balaban J connectivity index is 1.18. The van der Waals surface area contributed by atoms with E-state index in [1.807, 2.05) is 0 Å². The molecule has 8 rings (SSSR count). The molecule has 1 nitrogen and oxygen atoms in total. The highest BCUT2D eigenvalue weighted by Gasteiger charge is 2.15. The van der Waals surface area contributed by atoms with E-state index in [2.05, 4.69) is 205 Å². The van der Waals surface area contributed by atoms with Gasteiger partial charge in [0.2, 0.25) is 0 Å². The summed E-state index contributed by atoms with van der Waals surface area (Å²) in [4.78, 5) is 2.34. The van der Waals surface area contributed by atoms with Gasteiger partial charge in [-0.25, -0.2) is 0 Å². The minimum Gasteiger partial charge on any atom is -0.310 e. The van der Waals surface area contributed by atoms with Crippen molar-refractivity contribution in [3.8, 4) is 44.5 Å². The number of rotatable bonds is 7. The zero-order chi connectivity index (χ0) is 31.4. The number of hydrogen-bond donors (Lipinski definition) is 0. The van der Waals surface area contributed by atoms with Crippen LogP contribution in [-0.2, 0) is 0 Å². The molecule has 0 aromatic heterocycles. The summed E-state index contributed by atoms with van der Waals surface area (Å²) in [5, 5.41) is 2.52. The molecule has 0 aliphatic carbocycles. The lowest BCUT2D eigenvalue weighted by molar-refractivity contribution is 1.28. The molecule has 0 saturated carbocycles. The zero-order valence-electron chi connectivity index (χ0n) is 26.0. The van der Waals surface area contributed by atoms with Crippen LogP contribution in [-0.4, -0.2) is 0 Å². The van der Waals surface area contributed by atoms with Crippen molar-refractivity contribution in [1.29, 1.82) is 0 Å². The lowest BCUT2D eigenvalue weighted by atomic mass is 9.94. The maximum atomic E-state index is 2.34. The molecule has 47 heavy (non-hydrogen) atoms. The highest BCUT2D eigenvalue weighted by molar-refractivity contribution is 5.97. The minimum absolute atomic E-state index is 1.11. The van der Waals surface area contributed by atoms with Gasteiger partial charge < -0.3 is 4.90 Å². The van der Waals surface area contributed by atoms with Crippen LogP contribution in [0.2, 0.25) is 0 Å². The molecule has 0 bridgehead atoms. The lowest BCUT2D eigenvalue weighted by Crippen LogP contribution is -2.09. The van der Waals surface area contributed by atoms with Crippen LogP contribution >= 0.6 is 0 Å². The van der Waals surface area contributed by atoms with Gasteiger partial charge in [0.1, 0.15) is 0 Å². The van der Waals surface area contributed by atoms with Crippen molar-refractivity contribution in [1.82, 2.24) is 0 Å². The Kier molecular flexibility index (Phi) is 7.63. The van der Waals surface area contributed by atoms with Crippen LogP contribution in [0.4, 0.5) is 17.1 Å². The van der Waals surface area contributed by atoms with Crippen molar-refractivity contribution >= 4 is 27.8 Å². The SMILES string of the molecule is c1ccc(-c2ccccc2-c2ccc(N(c3ccccc3)c3cccc(-c4cccc(-c5cccc6ccccc56)c4)c3)cc2)cc1. The van der Waals surface area contributed by atoms with Crippen molar-refractivity contribution in [2.45, 2.75) is 0 Å². The number of nitrogens with zero attached hydrogens (tertiary/aromatic N) is 1. The molecular weight excluding hydrogens is 567 g/mol. The molecule has 1 heteroatoms. The summed E-state index contributed by atoms with van der Waals surface area (Å²) in [6.07, 6.45) is 0. The van der Waals surface area contributed by atoms with Gasteiger partial charge in [-0.1, -0.05) is 158 Å². The Morgan fingerprint density at radius 3 is 1.49 bits per heavy atom. The van der Waals surface area contributed by atoms with Crippen LogP contribution in [0.3, 0.4) is 0 Å². The second kappa shape index (κ2) is 12.7. The van der Waals surface area contributed by atoms with Gasteiger partial charge in [-0.15, -0.1) is 0 Å². The summed E-state index contributed by atoms with van der Waals surface area (Å²) in [6.45, 7) is 0. The Labute approximate surface area is 276 Å². The lowest BCUT2D eigenvalue weighted by Gasteiger charge is -2.26. The van der Waals surface area contributed by atoms with E-state index in [1.54, 1.807) is 0 Å². The minimum atomic E-state index is 1.11. The summed E-state index contributed by atoms with van der Waals surface area (Å²) in [6, 6.07) is 71.7. The van der Waals surface area contributed by atoms with E-state index in [9.17, 15) is 0 Å². The fourth-order valence-electron chi connectivity index (χ4n) is 6.59. The second-order valence-corrected chi connectivity index (χ2v) is 11.8. The first-order valence-electron chi connectivity index (χ1n) is 16.1. The predicted molar refractivity (Wildman–Crippen MR) is 200 cm³/mol. The molecule has 8 aromatic rings. The smallest absolute Gasteiger partial charge is 0.0467 e. The third kappa shape index (κ3) is 5.72. The number of anilines is 3. The molecule has 0 heterocycles. The molecule has 0 amide bonds. The summed E-state index contributed by atoms with van der Waals surface area (Å²) in [5.74, 6) is 0. The summed E-state index contributed by atoms with van der Waals surface area (Å²) in [7, 11) is 0. The molecule has 0 atom stereocenters. The molecule has 0 N–H and O–H groups in total. The fraction of sp³-hybridized carbons (Fsp3) is 0. The highest BCUT2D eigenvalue weighted by atomic mass is 15.1. The Morgan fingerprint density at radius 1 is 0.255 bits per heavy atom. The van der Waals surface area contributed by atoms with Crippen LogP contribution < -0.4 is 4.90 Å². The summed E-state index contributed by atoms with van der Waals surface area (Å²) < 4.78 is 0. The van der Waals surface area contributed by atoms with Gasteiger partial charge in [-0.3, -0.25) is 0 Å². The van der Waals surface area contributed by atoms with Crippen LogP contribution in [0.15, 0.2) is 200 Å². The van der Waals surface area contributed by atoms with E-state index in [0.717, 1.165) is 17.1 Å². The van der Waals surface area contributed by atoms with Crippen molar-refractivity contribution in [3.63, 3.8) is 0 Å². The number of hydrogen-bond acceptors (Lipinski definition) is 1. The number of fused-ring (bicyclic) bond motifs is 1. The molecule has 8 aromatic carbocycles. The molecule has 0 fully saturated rings. The number of benzene rings is 8. The second-order valence-electron chi connectivity index (χ2n) is 11.8. The molecule has 0 aliphatic heterocycles. The van der Waals surface area contributed by atoms with Crippen LogP contribution in [0, 0.1) is 0 Å². The molecule has 0 spiro atoms. The largest absolute Gasteiger partial charge is 0.310 e. The standard InChI is InChI=1S/C46H33N/c1-3-14-34(15-4-1)43-25-9-10-26-45(43)36-28-30-41(31-29-36)47(40-21-5-2-6-22-40)42-23-12-19-38(33-42)37-18-11-20-39(32-37)46-27-13-17-35-16-7-8-24-44(35)46/h1-33H. The highest BCUT2D eigenvalue weighted by Crippen LogP contribution is 2.39. The third-order valence-electron chi connectivity index (χ3n) is 8.86. The van der Waals surface area contributed by atoms with Gasteiger partial charge in [0, 0.05) is 17.1 Å². The predicted octanol–water partition coefficient (Wildman–Crippen LogP) is 13.0. The van der Waals surface area contributed by atoms with Crippen LogP contribution in [0.25, 0.3) is 55.3 Å². The van der Waals surface area contributed by atoms with Gasteiger partial charge in [-0.2, -0.15) is 0 Å². The van der Waals surface area contributed by atoms with Crippen molar-refractivity contribution in [3.05, 3.63) is 200 Å². The molecule has 222 valence electrons. The molecule has 0 radical (unpaired) electrons. The Bertz CT molecular complexity index is 2280. The molecule has 0 aliphatic rings. The molecule has 0 unspecified atom stereocenters. The van der Waals surface area contributed by atoms with E-state index in [1.165, 1.54) is 55.3 Å². The quantitative estimate of drug-likeness (QED) is 0.176. The Morgan fingerprint density at radius 2 is 0.723 bits per heavy atom. The first-order chi connectivity index (χ1) is 23.3. The van der Waals surface area contributed by atoms with Crippen molar-refractivity contribution < 1.29 is 0 Å². The van der Waals surface area contributed by atoms with E-state index in [-0.39, 0.29) is 0 Å². The molecule has 0 saturated heterocycles. The summed E-state index contributed by atoms with van der Waals surface area (Å²) >= 11 is 0. The van der Waals surface area contributed by atoms with Gasteiger partial charge in [0.25, 0.3) is 0 Å². The first kappa shape index (κ1) is 28.3. The van der Waals surface area contributed by atoms with Gasteiger partial charge in [0.15, 0.2) is 0 Å². The van der Waals surface area contributed by atoms with Gasteiger partial charge in [-0.05, 0) is 97.7 Å². The van der Waals surface area contributed by atoms with Crippen LogP contribution in [0.5, 0.6) is 0 Å². The Hall–Kier alpha value is -6.18. The summed E-state index contributed by atoms with van der Waals surface area (Å²) in [5.41, 5.74) is 13.1. The van der Waals surface area contributed by atoms with E-state index >= 15 is 0 Å². The maximum absolute atomic E-state index is 2.34. The van der Waals surface area contributed by atoms with Crippen LogP contribution in [0.1, 0.15) is 0 Å². The fourth-order valence-corrected chi connectivity index (χ4v) is 6.59. The monoisotopic (exact) mass is 599 g/mol. The topological polar surface area (TPSA) is 3.24 Å². The van der Waals surface area contributed by atoms with Crippen molar-refractivity contribution in [2.75, 3.05) is 4.90 Å². The van der Waals surface area contributed by atoms with Gasteiger partial charge >= 0.3 is 0 Å². The molecular formula is C46H33N. The van der Waals surface area contributed by atoms with Gasteiger partial charge in [0.05, 0.1) is 0 Å². The third-order valence-corrected chi connectivity index (χ3v) is 8.86. The first-order valence-corrected chi connectivity index (χ1v) is 16.1. The van der Waals surface area contributed by atoms with E-state index < -0.39 is 0 Å². The number of para-hydroxylation sites is 1. The normalized spacial score (nSPS) is 11.0. The maximum Gasteiger partial charge on any atom is 0.0467 e.